The van der Waals surface area contributed by atoms with Crippen molar-refractivity contribution in [2.24, 2.45) is 5.92 Å². The first-order valence-electron chi connectivity index (χ1n) is 8.41. The van der Waals surface area contributed by atoms with Crippen LogP contribution in [0.15, 0.2) is 24.3 Å². The molecule has 0 aliphatic carbocycles. The van der Waals surface area contributed by atoms with Gasteiger partial charge in [0.15, 0.2) is 0 Å². The lowest BCUT2D eigenvalue weighted by Gasteiger charge is -2.20. The van der Waals surface area contributed by atoms with Gasteiger partial charge in [0.25, 0.3) is 0 Å². The predicted molar refractivity (Wildman–Crippen MR) is 90.3 cm³/mol. The highest BCUT2D eigenvalue weighted by Gasteiger charge is 2.11. The Morgan fingerprint density at radius 3 is 2.45 bits per heavy atom. The third-order valence-electron chi connectivity index (χ3n) is 4.05. The largest absolute Gasteiger partial charge is 0.314 e. The second-order valence-corrected chi connectivity index (χ2v) is 6.41. The first kappa shape index (κ1) is 17.2. The molecule has 0 saturated heterocycles. The van der Waals surface area contributed by atoms with Crippen LogP contribution < -0.4 is 5.32 Å². The number of benzene rings is 1. The van der Waals surface area contributed by atoms with E-state index in [1.54, 1.807) is 0 Å². The summed E-state index contributed by atoms with van der Waals surface area (Å²) < 4.78 is 0. The van der Waals surface area contributed by atoms with Crippen LogP contribution in [0.3, 0.4) is 0 Å². The molecule has 0 spiro atoms. The van der Waals surface area contributed by atoms with Crippen molar-refractivity contribution in [2.75, 3.05) is 6.54 Å². The van der Waals surface area contributed by atoms with E-state index in [0.717, 1.165) is 12.5 Å². The molecule has 1 heteroatoms. The minimum atomic E-state index is 0.588. The molecule has 0 amide bonds. The fourth-order valence-electron chi connectivity index (χ4n) is 2.69. The summed E-state index contributed by atoms with van der Waals surface area (Å²) in [6.45, 7) is 10.1. The molecule has 0 bridgehead atoms. The van der Waals surface area contributed by atoms with Gasteiger partial charge in [-0.05, 0) is 43.4 Å². The third-order valence-corrected chi connectivity index (χ3v) is 4.05. The van der Waals surface area contributed by atoms with Crippen molar-refractivity contribution in [1.82, 2.24) is 5.32 Å². The number of unbranched alkanes of at least 4 members (excludes halogenated alkanes) is 3. The average molecular weight is 275 g/mol. The van der Waals surface area contributed by atoms with Gasteiger partial charge in [-0.25, -0.2) is 0 Å². The second kappa shape index (κ2) is 9.99. The number of hydrogen-bond donors (Lipinski definition) is 1. The van der Waals surface area contributed by atoms with E-state index in [9.17, 15) is 0 Å². The maximum Gasteiger partial charge on any atom is 0.00104 e. The Hall–Kier alpha value is -0.820. The molecule has 0 saturated carbocycles. The van der Waals surface area contributed by atoms with E-state index < -0.39 is 0 Å². The maximum absolute atomic E-state index is 3.63. The van der Waals surface area contributed by atoms with Crippen LogP contribution in [0.25, 0.3) is 0 Å². The molecular formula is C19H33N. The zero-order valence-electron chi connectivity index (χ0n) is 13.9. The second-order valence-electron chi connectivity index (χ2n) is 6.41. The summed E-state index contributed by atoms with van der Waals surface area (Å²) >= 11 is 0. The van der Waals surface area contributed by atoms with Crippen LogP contribution in [0.4, 0.5) is 0 Å². The van der Waals surface area contributed by atoms with Crippen molar-refractivity contribution in [2.45, 2.75) is 72.3 Å². The first-order valence-corrected chi connectivity index (χ1v) is 8.41. The Morgan fingerprint density at radius 2 is 1.80 bits per heavy atom. The molecule has 1 N–H and O–H groups in total. The lowest BCUT2D eigenvalue weighted by molar-refractivity contribution is 0.404. The van der Waals surface area contributed by atoms with Gasteiger partial charge in [0.1, 0.15) is 0 Å². The number of rotatable bonds is 10. The third kappa shape index (κ3) is 7.09. The molecule has 1 unspecified atom stereocenters. The van der Waals surface area contributed by atoms with Crippen LogP contribution in [-0.2, 0) is 6.42 Å². The molecule has 1 aromatic carbocycles. The molecule has 0 heterocycles. The smallest absolute Gasteiger partial charge is 0.00104 e. The van der Waals surface area contributed by atoms with Gasteiger partial charge in [0.05, 0.1) is 0 Å². The Morgan fingerprint density at radius 1 is 1.05 bits per heavy atom. The van der Waals surface area contributed by atoms with E-state index in [1.165, 1.54) is 49.7 Å². The quantitative estimate of drug-likeness (QED) is 0.584. The Labute approximate surface area is 126 Å². The van der Waals surface area contributed by atoms with Crippen molar-refractivity contribution < 1.29 is 0 Å². The molecule has 1 atom stereocenters. The summed E-state index contributed by atoms with van der Waals surface area (Å²) in [7, 11) is 0. The van der Waals surface area contributed by atoms with E-state index >= 15 is 0 Å². The molecule has 20 heavy (non-hydrogen) atoms. The normalized spacial score (nSPS) is 12.8. The molecule has 0 aliphatic rings. The van der Waals surface area contributed by atoms with Gasteiger partial charge in [0, 0.05) is 6.04 Å². The molecular weight excluding hydrogens is 242 g/mol. The highest BCUT2D eigenvalue weighted by atomic mass is 14.9. The summed E-state index contributed by atoms with van der Waals surface area (Å²) in [5.41, 5.74) is 2.97. The van der Waals surface area contributed by atoms with E-state index in [2.05, 4.69) is 57.3 Å². The maximum atomic E-state index is 3.63. The molecule has 114 valence electrons. The first-order chi connectivity index (χ1) is 9.63. The lowest BCUT2D eigenvalue weighted by Crippen LogP contribution is -2.30. The number of nitrogens with one attached hydrogen (secondary N) is 1. The van der Waals surface area contributed by atoms with Gasteiger partial charge in [-0.15, -0.1) is 0 Å². The molecule has 0 aromatic heterocycles. The zero-order chi connectivity index (χ0) is 14.8. The summed E-state index contributed by atoms with van der Waals surface area (Å²) in [5.74, 6) is 0.773. The minimum Gasteiger partial charge on any atom is -0.314 e. The molecule has 1 aromatic rings. The Bertz CT molecular complexity index is 357. The van der Waals surface area contributed by atoms with Crippen molar-refractivity contribution in [3.63, 3.8) is 0 Å². The van der Waals surface area contributed by atoms with Crippen molar-refractivity contribution in [1.29, 1.82) is 0 Å². The van der Waals surface area contributed by atoms with Crippen LogP contribution in [0.2, 0.25) is 0 Å². The Kier molecular flexibility index (Phi) is 8.60. The molecule has 0 aliphatic heterocycles. The van der Waals surface area contributed by atoms with Gasteiger partial charge in [0.2, 0.25) is 0 Å². The highest BCUT2D eigenvalue weighted by molar-refractivity contribution is 5.25. The SMILES string of the molecule is CCCCCCC(CNC(C)C)Cc1ccccc1C. The summed E-state index contributed by atoms with van der Waals surface area (Å²) in [6, 6.07) is 9.43. The van der Waals surface area contributed by atoms with Gasteiger partial charge in [-0.3, -0.25) is 0 Å². The zero-order valence-corrected chi connectivity index (χ0v) is 13.9. The van der Waals surface area contributed by atoms with Crippen molar-refractivity contribution in [3.05, 3.63) is 35.4 Å². The van der Waals surface area contributed by atoms with Gasteiger partial charge >= 0.3 is 0 Å². The fraction of sp³-hybridized carbons (Fsp3) is 0.684. The van der Waals surface area contributed by atoms with Crippen LogP contribution >= 0.6 is 0 Å². The summed E-state index contributed by atoms with van der Waals surface area (Å²) in [4.78, 5) is 0. The van der Waals surface area contributed by atoms with Crippen LogP contribution in [0.5, 0.6) is 0 Å². The van der Waals surface area contributed by atoms with E-state index in [1.807, 2.05) is 0 Å². The summed E-state index contributed by atoms with van der Waals surface area (Å²) in [5, 5.41) is 3.63. The fourth-order valence-corrected chi connectivity index (χ4v) is 2.69. The number of aryl methyl sites for hydroxylation is 1. The van der Waals surface area contributed by atoms with E-state index in [4.69, 9.17) is 0 Å². The molecule has 0 fully saturated rings. The predicted octanol–water partition coefficient (Wildman–Crippen LogP) is 5.12. The minimum absolute atomic E-state index is 0.588. The van der Waals surface area contributed by atoms with E-state index in [-0.39, 0.29) is 0 Å². The molecule has 0 radical (unpaired) electrons. The monoisotopic (exact) mass is 275 g/mol. The highest BCUT2D eigenvalue weighted by Crippen LogP contribution is 2.18. The standard InChI is InChI=1S/C19H33N/c1-5-6-7-8-12-18(15-20-16(2)3)14-19-13-10-9-11-17(19)4/h9-11,13,16,18,20H,5-8,12,14-15H2,1-4H3. The lowest BCUT2D eigenvalue weighted by atomic mass is 9.91. The van der Waals surface area contributed by atoms with Crippen molar-refractivity contribution in [3.8, 4) is 0 Å². The van der Waals surface area contributed by atoms with E-state index in [0.29, 0.717) is 6.04 Å². The van der Waals surface area contributed by atoms with Gasteiger partial charge < -0.3 is 5.32 Å². The average Bonchev–Trinajstić information content (AvgIpc) is 2.42. The molecule has 1 nitrogen and oxygen atoms in total. The van der Waals surface area contributed by atoms with Crippen molar-refractivity contribution >= 4 is 0 Å². The van der Waals surface area contributed by atoms with Crippen LogP contribution in [0.1, 0.15) is 64.0 Å². The Balaban J connectivity index is 2.50. The van der Waals surface area contributed by atoms with Gasteiger partial charge in [-0.2, -0.15) is 0 Å². The van der Waals surface area contributed by atoms with Gasteiger partial charge in [-0.1, -0.05) is 70.7 Å². The molecule has 1 rings (SSSR count). The topological polar surface area (TPSA) is 12.0 Å². The van der Waals surface area contributed by atoms with Crippen LogP contribution in [0, 0.1) is 12.8 Å². The van der Waals surface area contributed by atoms with Crippen LogP contribution in [-0.4, -0.2) is 12.6 Å². The number of hydrogen-bond acceptors (Lipinski definition) is 1. The summed E-state index contributed by atoms with van der Waals surface area (Å²) in [6.07, 6.45) is 8.06.